The molecule has 2 aromatic rings. The van der Waals surface area contributed by atoms with Crippen molar-refractivity contribution >= 4 is 11.8 Å². The zero-order valence-electron chi connectivity index (χ0n) is 12.9. The van der Waals surface area contributed by atoms with Crippen LogP contribution in [0.4, 0.5) is 0 Å². The van der Waals surface area contributed by atoms with Crippen LogP contribution in [-0.4, -0.2) is 16.5 Å². The number of aryl methyl sites for hydroxylation is 3. The lowest BCUT2D eigenvalue weighted by molar-refractivity contribution is 0.172. The molecule has 0 fully saturated rings. The predicted octanol–water partition coefficient (Wildman–Crippen LogP) is 4.23. The third-order valence-electron chi connectivity index (χ3n) is 4.35. The van der Waals surface area contributed by atoms with E-state index in [4.69, 9.17) is 0 Å². The number of thioether (sulfide) groups is 1. The minimum absolute atomic E-state index is 0.280. The van der Waals surface area contributed by atoms with Gasteiger partial charge in [0.15, 0.2) is 0 Å². The predicted molar refractivity (Wildman–Crippen MR) is 90.2 cm³/mol. The van der Waals surface area contributed by atoms with Crippen LogP contribution in [0.1, 0.15) is 27.8 Å². The quantitative estimate of drug-likeness (QED) is 0.915. The fourth-order valence-electron chi connectivity index (χ4n) is 3.30. The van der Waals surface area contributed by atoms with Gasteiger partial charge in [0.25, 0.3) is 0 Å². The highest BCUT2D eigenvalue weighted by Crippen LogP contribution is 2.39. The molecule has 2 heteroatoms. The largest absolute Gasteiger partial charge is 0.392 e. The molecule has 1 aliphatic rings. The number of fused-ring (bicyclic) bond motifs is 1. The smallest absolute Gasteiger partial charge is 0.0706 e. The van der Waals surface area contributed by atoms with Gasteiger partial charge in [-0.2, -0.15) is 0 Å². The lowest BCUT2D eigenvalue weighted by Gasteiger charge is -2.20. The van der Waals surface area contributed by atoms with E-state index < -0.39 is 0 Å². The number of rotatable bonds is 3. The molecule has 2 atom stereocenters. The van der Waals surface area contributed by atoms with Gasteiger partial charge in [-0.05, 0) is 61.9 Å². The van der Waals surface area contributed by atoms with Crippen LogP contribution in [0.15, 0.2) is 41.3 Å². The first-order chi connectivity index (χ1) is 10.0. The summed E-state index contributed by atoms with van der Waals surface area (Å²) in [6.45, 7) is 6.43. The van der Waals surface area contributed by atoms with Crippen molar-refractivity contribution in [3.8, 4) is 0 Å². The van der Waals surface area contributed by atoms with E-state index in [1.54, 1.807) is 0 Å². The topological polar surface area (TPSA) is 20.2 Å². The molecule has 3 rings (SSSR count). The van der Waals surface area contributed by atoms with Crippen LogP contribution in [0.2, 0.25) is 0 Å². The fourth-order valence-corrected chi connectivity index (χ4v) is 4.60. The van der Waals surface area contributed by atoms with Crippen molar-refractivity contribution in [1.82, 2.24) is 0 Å². The molecule has 2 unspecified atom stereocenters. The molecule has 0 aliphatic carbocycles. The molecular weight excluding hydrogens is 276 g/mol. The molecule has 0 spiro atoms. The Morgan fingerprint density at radius 1 is 1.14 bits per heavy atom. The summed E-state index contributed by atoms with van der Waals surface area (Å²) < 4.78 is 0. The average Bonchev–Trinajstić information content (AvgIpc) is 2.86. The minimum atomic E-state index is -0.289. The zero-order chi connectivity index (χ0) is 15.0. The number of aliphatic hydroxyl groups excluding tert-OH is 1. The van der Waals surface area contributed by atoms with Crippen LogP contribution in [0.5, 0.6) is 0 Å². The van der Waals surface area contributed by atoms with Crippen molar-refractivity contribution in [2.75, 3.05) is 0 Å². The summed E-state index contributed by atoms with van der Waals surface area (Å²) in [5, 5.41) is 11.0. The van der Waals surface area contributed by atoms with E-state index in [1.807, 2.05) is 11.8 Å². The van der Waals surface area contributed by atoms with E-state index in [0.717, 1.165) is 12.8 Å². The Kier molecular flexibility index (Phi) is 4.10. The molecule has 0 saturated heterocycles. The molecule has 21 heavy (non-hydrogen) atoms. The van der Waals surface area contributed by atoms with Crippen LogP contribution in [0.25, 0.3) is 0 Å². The third kappa shape index (κ3) is 3.02. The summed E-state index contributed by atoms with van der Waals surface area (Å²) in [5.41, 5.74) is 6.58. The monoisotopic (exact) mass is 298 g/mol. The van der Waals surface area contributed by atoms with Crippen molar-refractivity contribution in [3.63, 3.8) is 0 Å². The molecule has 0 aromatic heterocycles. The van der Waals surface area contributed by atoms with Crippen molar-refractivity contribution < 1.29 is 5.11 Å². The molecule has 0 amide bonds. The molecule has 1 aliphatic heterocycles. The Morgan fingerprint density at radius 2 is 1.81 bits per heavy atom. The summed E-state index contributed by atoms with van der Waals surface area (Å²) >= 11 is 1.83. The molecule has 0 saturated carbocycles. The minimum Gasteiger partial charge on any atom is -0.392 e. The summed E-state index contributed by atoms with van der Waals surface area (Å²) in [6, 6.07) is 12.9. The van der Waals surface area contributed by atoms with E-state index in [-0.39, 0.29) is 11.4 Å². The van der Waals surface area contributed by atoms with Crippen molar-refractivity contribution in [3.05, 3.63) is 64.2 Å². The Labute approximate surface area is 131 Å². The van der Waals surface area contributed by atoms with Crippen molar-refractivity contribution in [1.29, 1.82) is 0 Å². The van der Waals surface area contributed by atoms with Crippen molar-refractivity contribution in [2.45, 2.75) is 49.9 Å². The highest BCUT2D eigenvalue weighted by atomic mass is 32.2. The van der Waals surface area contributed by atoms with E-state index in [0.29, 0.717) is 0 Å². The lowest BCUT2D eigenvalue weighted by atomic mass is 9.93. The van der Waals surface area contributed by atoms with E-state index in [2.05, 4.69) is 57.2 Å². The summed E-state index contributed by atoms with van der Waals surface area (Å²) in [5.74, 6) is 0. The number of benzene rings is 2. The van der Waals surface area contributed by atoms with Crippen LogP contribution in [0, 0.1) is 20.8 Å². The molecule has 1 N–H and O–H groups in total. The normalized spacial score (nSPS) is 18.6. The van der Waals surface area contributed by atoms with Gasteiger partial charge in [-0.1, -0.05) is 35.9 Å². The first kappa shape index (κ1) is 14.7. The van der Waals surface area contributed by atoms with Crippen LogP contribution >= 0.6 is 11.8 Å². The Morgan fingerprint density at radius 3 is 2.48 bits per heavy atom. The van der Waals surface area contributed by atoms with E-state index in [1.165, 1.54) is 32.7 Å². The maximum absolute atomic E-state index is 10.7. The Balaban J connectivity index is 1.75. The molecule has 1 heterocycles. The lowest BCUT2D eigenvalue weighted by Crippen LogP contribution is -2.25. The average molecular weight is 298 g/mol. The second-order valence-electron chi connectivity index (χ2n) is 6.12. The van der Waals surface area contributed by atoms with Gasteiger partial charge in [-0.15, -0.1) is 11.8 Å². The highest BCUT2D eigenvalue weighted by Gasteiger charge is 2.28. The number of aliphatic hydroxyl groups is 1. The number of hydrogen-bond donors (Lipinski definition) is 1. The third-order valence-corrected chi connectivity index (χ3v) is 5.79. The second-order valence-corrected chi connectivity index (χ2v) is 7.40. The standard InChI is InChI=1S/C19H22OS/c1-12-8-13(2)16(14(3)9-12)11-17(20)19-10-15-6-4-5-7-18(15)21-19/h4-9,17,19-20H,10-11H2,1-3H3. The van der Waals surface area contributed by atoms with Crippen LogP contribution < -0.4 is 0 Å². The SMILES string of the molecule is Cc1cc(C)c(CC(O)C2Cc3ccccc3S2)c(C)c1. The van der Waals surface area contributed by atoms with Gasteiger partial charge in [-0.3, -0.25) is 0 Å². The molecule has 1 nitrogen and oxygen atoms in total. The van der Waals surface area contributed by atoms with Gasteiger partial charge < -0.3 is 5.11 Å². The van der Waals surface area contributed by atoms with Gasteiger partial charge in [-0.25, -0.2) is 0 Å². The van der Waals surface area contributed by atoms with E-state index >= 15 is 0 Å². The fraction of sp³-hybridized carbons (Fsp3) is 0.368. The van der Waals surface area contributed by atoms with E-state index in [9.17, 15) is 5.11 Å². The molecule has 110 valence electrons. The second kappa shape index (κ2) is 5.86. The highest BCUT2D eigenvalue weighted by molar-refractivity contribution is 8.00. The van der Waals surface area contributed by atoms with Crippen LogP contribution in [-0.2, 0) is 12.8 Å². The van der Waals surface area contributed by atoms with Crippen molar-refractivity contribution in [2.24, 2.45) is 0 Å². The molecule has 0 radical (unpaired) electrons. The Hall–Kier alpha value is -1.25. The van der Waals surface area contributed by atoms with Gasteiger partial charge in [0.1, 0.15) is 0 Å². The summed E-state index contributed by atoms with van der Waals surface area (Å²) in [4.78, 5) is 1.33. The first-order valence-corrected chi connectivity index (χ1v) is 8.42. The molecular formula is C19H22OS. The van der Waals surface area contributed by atoms with Gasteiger partial charge in [0.05, 0.1) is 6.10 Å². The first-order valence-electron chi connectivity index (χ1n) is 7.54. The summed E-state index contributed by atoms with van der Waals surface area (Å²) in [7, 11) is 0. The Bertz CT molecular complexity index is 614. The number of hydrogen-bond acceptors (Lipinski definition) is 2. The van der Waals surface area contributed by atoms with Crippen LogP contribution in [0.3, 0.4) is 0 Å². The molecule has 2 aromatic carbocycles. The molecule has 0 bridgehead atoms. The van der Waals surface area contributed by atoms with Gasteiger partial charge in [0.2, 0.25) is 0 Å². The maximum Gasteiger partial charge on any atom is 0.0706 e. The maximum atomic E-state index is 10.7. The zero-order valence-corrected chi connectivity index (χ0v) is 13.7. The van der Waals surface area contributed by atoms with Gasteiger partial charge in [0, 0.05) is 10.1 Å². The van der Waals surface area contributed by atoms with Gasteiger partial charge >= 0.3 is 0 Å². The summed E-state index contributed by atoms with van der Waals surface area (Å²) in [6.07, 6.45) is 1.44.